The van der Waals surface area contributed by atoms with Gasteiger partial charge in [0.25, 0.3) is 0 Å². The summed E-state index contributed by atoms with van der Waals surface area (Å²) in [6, 6.07) is 0. The highest BCUT2D eigenvalue weighted by molar-refractivity contribution is 5.42. The molecule has 2 heterocycles. The minimum atomic E-state index is 0.224. The van der Waals surface area contributed by atoms with Crippen LogP contribution in [0.3, 0.4) is 0 Å². The molecule has 0 saturated carbocycles. The highest BCUT2D eigenvalue weighted by Crippen LogP contribution is 2.33. The number of nitrogens with zero attached hydrogens (tertiary/aromatic N) is 2. The molecule has 0 saturated heterocycles. The van der Waals surface area contributed by atoms with E-state index < -0.39 is 0 Å². The lowest BCUT2D eigenvalue weighted by Gasteiger charge is -2.18. The first-order valence-electron chi connectivity index (χ1n) is 6.01. The van der Waals surface area contributed by atoms with E-state index in [4.69, 9.17) is 4.74 Å². The zero-order valence-electron chi connectivity index (χ0n) is 10.6. The Kier molecular flexibility index (Phi) is 2.87. The molecule has 3 nitrogen and oxygen atoms in total. The van der Waals surface area contributed by atoms with Crippen LogP contribution in [0.25, 0.3) is 0 Å². The van der Waals surface area contributed by atoms with Crippen molar-refractivity contribution >= 4 is 0 Å². The minimum absolute atomic E-state index is 0.224. The van der Waals surface area contributed by atoms with Crippen molar-refractivity contribution in [3.63, 3.8) is 0 Å². The van der Waals surface area contributed by atoms with Crippen LogP contribution >= 0.6 is 0 Å². The van der Waals surface area contributed by atoms with Gasteiger partial charge in [0, 0.05) is 18.4 Å². The molecule has 2 rings (SSSR count). The third kappa shape index (κ3) is 2.18. The molecule has 3 heteroatoms. The Hall–Kier alpha value is -1.12. The average Bonchev–Trinajstić information content (AvgIpc) is 2.65. The molecule has 1 aromatic rings. The molecule has 88 valence electrons. The van der Waals surface area contributed by atoms with Crippen LogP contribution in [-0.2, 0) is 19.3 Å². The Morgan fingerprint density at radius 3 is 2.50 bits per heavy atom. The summed E-state index contributed by atoms with van der Waals surface area (Å²) in [5, 5.41) is 8.65. The Bertz CT molecular complexity index is 394. The molecule has 0 spiro atoms. The van der Waals surface area contributed by atoms with Gasteiger partial charge in [-0.05, 0) is 11.8 Å². The van der Waals surface area contributed by atoms with E-state index in [0.717, 1.165) is 43.0 Å². The molecule has 0 bridgehead atoms. The average molecular weight is 220 g/mol. The Labute approximate surface area is 97.2 Å². The molecule has 1 aromatic heterocycles. The summed E-state index contributed by atoms with van der Waals surface area (Å²) in [6.07, 6.45) is 2.85. The number of hydrogen-bond acceptors (Lipinski definition) is 3. The van der Waals surface area contributed by atoms with Crippen molar-refractivity contribution in [3.05, 3.63) is 17.0 Å². The number of ether oxygens (including phenoxy) is 1. The highest BCUT2D eigenvalue weighted by atomic mass is 16.5. The first-order chi connectivity index (χ1) is 7.51. The van der Waals surface area contributed by atoms with E-state index in [0.29, 0.717) is 0 Å². The SMILES string of the molecule is CCc1nnc(CC(C)(C)C)c2c1CCO2. The smallest absolute Gasteiger partial charge is 0.147 e. The van der Waals surface area contributed by atoms with Crippen molar-refractivity contribution in [1.82, 2.24) is 10.2 Å². The van der Waals surface area contributed by atoms with Gasteiger partial charge < -0.3 is 4.74 Å². The second-order valence-electron chi connectivity index (χ2n) is 5.59. The van der Waals surface area contributed by atoms with E-state index in [2.05, 4.69) is 37.9 Å². The second kappa shape index (κ2) is 4.04. The molecular formula is C13H20N2O. The van der Waals surface area contributed by atoms with E-state index in [-0.39, 0.29) is 5.41 Å². The van der Waals surface area contributed by atoms with Crippen molar-refractivity contribution in [1.29, 1.82) is 0 Å². The molecule has 1 aliphatic rings. The van der Waals surface area contributed by atoms with E-state index in [1.54, 1.807) is 0 Å². The normalized spacial score (nSPS) is 14.8. The van der Waals surface area contributed by atoms with E-state index in [9.17, 15) is 0 Å². The second-order valence-corrected chi connectivity index (χ2v) is 5.59. The molecular weight excluding hydrogens is 200 g/mol. The van der Waals surface area contributed by atoms with Crippen LogP contribution in [0.15, 0.2) is 0 Å². The number of aromatic nitrogens is 2. The lowest BCUT2D eigenvalue weighted by molar-refractivity contribution is 0.338. The van der Waals surface area contributed by atoms with Gasteiger partial charge in [-0.25, -0.2) is 0 Å². The van der Waals surface area contributed by atoms with Crippen LogP contribution in [0.2, 0.25) is 0 Å². The summed E-state index contributed by atoms with van der Waals surface area (Å²) in [5.41, 5.74) is 3.64. The number of fused-ring (bicyclic) bond motifs is 1. The molecule has 0 unspecified atom stereocenters. The van der Waals surface area contributed by atoms with Crippen LogP contribution in [0.5, 0.6) is 5.75 Å². The highest BCUT2D eigenvalue weighted by Gasteiger charge is 2.24. The zero-order chi connectivity index (χ0) is 11.8. The van der Waals surface area contributed by atoms with Gasteiger partial charge in [0.1, 0.15) is 11.4 Å². The maximum atomic E-state index is 5.72. The van der Waals surface area contributed by atoms with Crippen molar-refractivity contribution in [3.8, 4) is 5.75 Å². The summed E-state index contributed by atoms with van der Waals surface area (Å²) >= 11 is 0. The molecule has 0 amide bonds. The first kappa shape index (κ1) is 11.4. The van der Waals surface area contributed by atoms with Crippen molar-refractivity contribution in [2.75, 3.05) is 6.61 Å². The summed E-state index contributed by atoms with van der Waals surface area (Å²) in [5.74, 6) is 1.02. The van der Waals surface area contributed by atoms with Crippen molar-refractivity contribution < 1.29 is 4.74 Å². The minimum Gasteiger partial charge on any atom is -0.491 e. The maximum Gasteiger partial charge on any atom is 0.147 e. The van der Waals surface area contributed by atoms with Crippen LogP contribution in [0.1, 0.15) is 44.6 Å². The number of rotatable bonds is 2. The summed E-state index contributed by atoms with van der Waals surface area (Å²) < 4.78 is 5.72. The molecule has 0 fully saturated rings. The number of aryl methyl sites for hydroxylation is 1. The van der Waals surface area contributed by atoms with Gasteiger partial charge in [0.2, 0.25) is 0 Å². The van der Waals surface area contributed by atoms with Gasteiger partial charge in [-0.15, -0.1) is 0 Å². The third-order valence-electron chi connectivity index (χ3n) is 2.81. The van der Waals surface area contributed by atoms with Gasteiger partial charge >= 0.3 is 0 Å². The van der Waals surface area contributed by atoms with Crippen LogP contribution in [0, 0.1) is 5.41 Å². The molecule has 0 atom stereocenters. The van der Waals surface area contributed by atoms with Crippen LogP contribution in [0.4, 0.5) is 0 Å². The number of hydrogen-bond donors (Lipinski definition) is 0. The van der Waals surface area contributed by atoms with Crippen molar-refractivity contribution in [2.45, 2.75) is 47.0 Å². The fourth-order valence-electron chi connectivity index (χ4n) is 2.12. The standard InChI is InChI=1S/C13H20N2O/c1-5-10-9-6-7-16-12(9)11(15-14-10)8-13(2,3)4/h5-8H2,1-4H3. The summed E-state index contributed by atoms with van der Waals surface area (Å²) in [4.78, 5) is 0. The fraction of sp³-hybridized carbons (Fsp3) is 0.692. The Balaban J connectivity index is 2.38. The summed E-state index contributed by atoms with van der Waals surface area (Å²) in [7, 11) is 0. The lowest BCUT2D eigenvalue weighted by Crippen LogP contribution is -2.13. The van der Waals surface area contributed by atoms with Crippen molar-refractivity contribution in [2.24, 2.45) is 5.41 Å². The van der Waals surface area contributed by atoms with E-state index >= 15 is 0 Å². The topological polar surface area (TPSA) is 35.0 Å². The molecule has 0 radical (unpaired) electrons. The molecule has 16 heavy (non-hydrogen) atoms. The van der Waals surface area contributed by atoms with Gasteiger partial charge in [-0.1, -0.05) is 27.7 Å². The molecule has 0 N–H and O–H groups in total. The third-order valence-corrected chi connectivity index (χ3v) is 2.81. The monoisotopic (exact) mass is 220 g/mol. The van der Waals surface area contributed by atoms with Gasteiger partial charge in [-0.2, -0.15) is 10.2 Å². The largest absolute Gasteiger partial charge is 0.491 e. The lowest BCUT2D eigenvalue weighted by atomic mass is 9.89. The van der Waals surface area contributed by atoms with Crippen LogP contribution in [-0.4, -0.2) is 16.8 Å². The Morgan fingerprint density at radius 2 is 1.88 bits per heavy atom. The molecule has 1 aliphatic heterocycles. The Morgan fingerprint density at radius 1 is 1.19 bits per heavy atom. The van der Waals surface area contributed by atoms with Crippen LogP contribution < -0.4 is 4.74 Å². The van der Waals surface area contributed by atoms with Gasteiger partial charge in [0.05, 0.1) is 12.3 Å². The zero-order valence-corrected chi connectivity index (χ0v) is 10.6. The first-order valence-corrected chi connectivity index (χ1v) is 6.01. The predicted molar refractivity (Wildman–Crippen MR) is 63.8 cm³/mol. The van der Waals surface area contributed by atoms with Gasteiger partial charge in [-0.3, -0.25) is 0 Å². The van der Waals surface area contributed by atoms with Gasteiger partial charge in [0.15, 0.2) is 0 Å². The van der Waals surface area contributed by atoms with E-state index in [1.165, 1.54) is 5.56 Å². The van der Waals surface area contributed by atoms with E-state index in [1.807, 2.05) is 0 Å². The summed E-state index contributed by atoms with van der Waals surface area (Å²) in [6.45, 7) is 9.54. The quantitative estimate of drug-likeness (QED) is 0.768. The molecule has 0 aromatic carbocycles. The molecule has 0 aliphatic carbocycles. The fourth-order valence-corrected chi connectivity index (χ4v) is 2.12. The predicted octanol–water partition coefficient (Wildman–Crippen LogP) is 2.56. The maximum absolute atomic E-state index is 5.72.